The predicted octanol–water partition coefficient (Wildman–Crippen LogP) is 1.78. The normalized spacial score (nSPS) is 15.5. The number of urea groups is 1. The minimum Gasteiger partial charge on any atom is -0.493 e. The van der Waals surface area contributed by atoms with Crippen molar-refractivity contribution in [2.75, 3.05) is 26.9 Å². The summed E-state index contributed by atoms with van der Waals surface area (Å²) in [6.07, 6.45) is 1.58. The van der Waals surface area contributed by atoms with E-state index >= 15 is 0 Å². The largest absolute Gasteiger partial charge is 0.493 e. The molecular formula is C18H22ClN5O3. The summed E-state index contributed by atoms with van der Waals surface area (Å²) in [5.74, 6) is 2.51. The topological polar surface area (TPSA) is 81.5 Å². The molecule has 0 saturated heterocycles. The van der Waals surface area contributed by atoms with Crippen LogP contribution in [-0.4, -0.2) is 52.6 Å². The third-order valence-corrected chi connectivity index (χ3v) is 5.03. The summed E-state index contributed by atoms with van der Waals surface area (Å²) in [5, 5.41) is 12.0. The van der Waals surface area contributed by atoms with Gasteiger partial charge in [-0.1, -0.05) is 11.6 Å². The molecule has 0 aliphatic carbocycles. The smallest absolute Gasteiger partial charge is 0.317 e. The summed E-state index contributed by atoms with van der Waals surface area (Å²) in [5.41, 5.74) is 1.98. The van der Waals surface area contributed by atoms with Gasteiger partial charge in [-0.05, 0) is 17.7 Å². The summed E-state index contributed by atoms with van der Waals surface area (Å²) in [6.45, 7) is 3.38. The quantitative estimate of drug-likeness (QED) is 0.859. The summed E-state index contributed by atoms with van der Waals surface area (Å²) >= 11 is 6.18. The van der Waals surface area contributed by atoms with Crippen LogP contribution in [0.1, 0.15) is 22.8 Å². The van der Waals surface area contributed by atoms with Gasteiger partial charge in [-0.2, -0.15) is 0 Å². The zero-order valence-corrected chi connectivity index (χ0v) is 16.0. The van der Waals surface area contributed by atoms with Gasteiger partial charge in [-0.3, -0.25) is 0 Å². The second-order valence-electron chi connectivity index (χ2n) is 6.71. The number of halogens is 1. The van der Waals surface area contributed by atoms with Crippen LogP contribution in [0.25, 0.3) is 0 Å². The molecule has 9 heteroatoms. The van der Waals surface area contributed by atoms with Crippen LogP contribution in [0.5, 0.6) is 5.75 Å². The third kappa shape index (κ3) is 3.86. The van der Waals surface area contributed by atoms with Crippen LogP contribution < -0.4 is 10.1 Å². The van der Waals surface area contributed by atoms with Crippen molar-refractivity contribution < 1.29 is 14.3 Å². The lowest BCUT2D eigenvalue weighted by atomic mass is 10.1. The molecule has 3 heterocycles. The number of hydrogen-bond acceptors (Lipinski definition) is 5. The molecule has 0 atom stereocenters. The Kier molecular flexibility index (Phi) is 5.18. The van der Waals surface area contributed by atoms with Gasteiger partial charge in [-0.25, -0.2) is 4.79 Å². The molecule has 8 nitrogen and oxygen atoms in total. The number of nitrogens with one attached hydrogen (secondary N) is 1. The van der Waals surface area contributed by atoms with Gasteiger partial charge in [-0.15, -0.1) is 10.2 Å². The standard InChI is InChI=1S/C18H22ClN5O3/c1-23(11-16-22-21-15-3-5-26-7-4-24(15)16)18(25)20-10-13-9-14(19)8-12-2-6-27-17(12)13/h8-9H,2-7,10-11H2,1H3,(H,20,25). The fourth-order valence-corrected chi connectivity index (χ4v) is 3.68. The molecular weight excluding hydrogens is 370 g/mol. The molecule has 2 aliphatic heterocycles. The average molecular weight is 392 g/mol. The minimum absolute atomic E-state index is 0.191. The average Bonchev–Trinajstić information content (AvgIpc) is 3.19. The fourth-order valence-electron chi connectivity index (χ4n) is 3.42. The van der Waals surface area contributed by atoms with Gasteiger partial charge in [0.2, 0.25) is 0 Å². The van der Waals surface area contributed by atoms with Crippen LogP contribution >= 0.6 is 11.6 Å². The fraction of sp³-hybridized carbons (Fsp3) is 0.500. The molecule has 0 fully saturated rings. The van der Waals surface area contributed by atoms with E-state index in [2.05, 4.69) is 15.5 Å². The second kappa shape index (κ2) is 7.74. The van der Waals surface area contributed by atoms with Gasteiger partial charge < -0.3 is 24.3 Å². The van der Waals surface area contributed by atoms with E-state index in [1.54, 1.807) is 11.9 Å². The number of benzene rings is 1. The number of aromatic nitrogens is 3. The molecule has 2 aliphatic rings. The molecule has 144 valence electrons. The van der Waals surface area contributed by atoms with Crippen molar-refractivity contribution in [3.63, 3.8) is 0 Å². The Morgan fingerprint density at radius 2 is 2.19 bits per heavy atom. The van der Waals surface area contributed by atoms with E-state index in [4.69, 9.17) is 21.1 Å². The van der Waals surface area contributed by atoms with Gasteiger partial charge in [0.1, 0.15) is 11.6 Å². The maximum atomic E-state index is 12.5. The number of carbonyl (C=O) groups excluding carboxylic acids is 1. The lowest BCUT2D eigenvalue weighted by Crippen LogP contribution is -2.37. The SMILES string of the molecule is CN(Cc1nnc2n1CCOCC2)C(=O)NCc1cc(Cl)cc2c1OCC2. The Hall–Kier alpha value is -2.32. The first-order valence-corrected chi connectivity index (χ1v) is 9.41. The Labute approximate surface area is 162 Å². The monoisotopic (exact) mass is 391 g/mol. The van der Waals surface area contributed by atoms with E-state index in [1.807, 2.05) is 16.7 Å². The van der Waals surface area contributed by atoms with Crippen LogP contribution in [-0.2, 0) is 37.2 Å². The lowest BCUT2D eigenvalue weighted by Gasteiger charge is -2.19. The molecule has 2 aromatic rings. The van der Waals surface area contributed by atoms with Crippen LogP contribution in [0.4, 0.5) is 4.79 Å². The van der Waals surface area contributed by atoms with E-state index in [-0.39, 0.29) is 6.03 Å². The van der Waals surface area contributed by atoms with Crippen molar-refractivity contribution in [3.8, 4) is 5.75 Å². The number of rotatable bonds is 4. The highest BCUT2D eigenvalue weighted by molar-refractivity contribution is 6.30. The maximum Gasteiger partial charge on any atom is 0.317 e. The molecule has 0 spiro atoms. The molecule has 0 unspecified atom stereocenters. The van der Waals surface area contributed by atoms with Crippen molar-refractivity contribution in [1.29, 1.82) is 0 Å². The number of fused-ring (bicyclic) bond motifs is 2. The van der Waals surface area contributed by atoms with Gasteiger partial charge in [0, 0.05) is 43.6 Å². The van der Waals surface area contributed by atoms with Gasteiger partial charge >= 0.3 is 6.03 Å². The van der Waals surface area contributed by atoms with Crippen molar-refractivity contribution >= 4 is 17.6 Å². The summed E-state index contributed by atoms with van der Waals surface area (Å²) < 4.78 is 13.2. The lowest BCUT2D eigenvalue weighted by molar-refractivity contribution is 0.139. The number of carbonyl (C=O) groups is 1. The molecule has 1 aromatic heterocycles. The molecule has 2 amide bonds. The number of nitrogens with zero attached hydrogens (tertiary/aromatic N) is 4. The molecule has 0 bridgehead atoms. The predicted molar refractivity (Wildman–Crippen MR) is 98.9 cm³/mol. The van der Waals surface area contributed by atoms with Crippen LogP contribution in [0.2, 0.25) is 5.02 Å². The highest BCUT2D eigenvalue weighted by atomic mass is 35.5. The molecule has 0 saturated carbocycles. The zero-order chi connectivity index (χ0) is 18.8. The zero-order valence-electron chi connectivity index (χ0n) is 15.2. The summed E-state index contributed by atoms with van der Waals surface area (Å²) in [7, 11) is 1.74. The van der Waals surface area contributed by atoms with Crippen molar-refractivity contribution in [3.05, 3.63) is 39.9 Å². The highest BCUT2D eigenvalue weighted by Crippen LogP contribution is 2.32. The van der Waals surface area contributed by atoms with Gasteiger partial charge in [0.15, 0.2) is 5.82 Å². The van der Waals surface area contributed by atoms with Crippen molar-refractivity contribution in [1.82, 2.24) is 25.0 Å². The molecule has 1 N–H and O–H groups in total. The van der Waals surface area contributed by atoms with E-state index in [1.165, 1.54) is 0 Å². The number of hydrogen-bond donors (Lipinski definition) is 1. The first-order valence-electron chi connectivity index (χ1n) is 9.03. The Bertz CT molecular complexity index is 854. The van der Waals surface area contributed by atoms with E-state index in [9.17, 15) is 4.79 Å². The second-order valence-corrected chi connectivity index (χ2v) is 7.15. The van der Waals surface area contributed by atoms with E-state index in [0.717, 1.165) is 41.4 Å². The van der Waals surface area contributed by atoms with Crippen molar-refractivity contribution in [2.45, 2.75) is 32.5 Å². The first kappa shape index (κ1) is 18.1. The van der Waals surface area contributed by atoms with E-state index < -0.39 is 0 Å². The molecule has 4 rings (SSSR count). The van der Waals surface area contributed by atoms with Crippen molar-refractivity contribution in [2.24, 2.45) is 0 Å². The maximum absolute atomic E-state index is 12.5. The Balaban J connectivity index is 1.39. The van der Waals surface area contributed by atoms with Crippen LogP contribution in [0.15, 0.2) is 12.1 Å². The Morgan fingerprint density at radius 3 is 3.07 bits per heavy atom. The van der Waals surface area contributed by atoms with Gasteiger partial charge in [0.25, 0.3) is 0 Å². The summed E-state index contributed by atoms with van der Waals surface area (Å²) in [6, 6.07) is 3.57. The van der Waals surface area contributed by atoms with E-state index in [0.29, 0.717) is 44.5 Å². The number of ether oxygens (including phenoxy) is 2. The molecule has 0 radical (unpaired) electrons. The minimum atomic E-state index is -0.191. The number of amides is 2. The molecule has 1 aromatic carbocycles. The molecule has 27 heavy (non-hydrogen) atoms. The highest BCUT2D eigenvalue weighted by Gasteiger charge is 2.20. The van der Waals surface area contributed by atoms with Crippen LogP contribution in [0.3, 0.4) is 0 Å². The summed E-state index contributed by atoms with van der Waals surface area (Å²) in [4.78, 5) is 14.1. The Morgan fingerprint density at radius 1 is 1.30 bits per heavy atom. The first-order chi connectivity index (χ1) is 13.1. The third-order valence-electron chi connectivity index (χ3n) is 4.81. The van der Waals surface area contributed by atoms with Crippen LogP contribution in [0, 0.1) is 0 Å². The van der Waals surface area contributed by atoms with Gasteiger partial charge in [0.05, 0.1) is 26.4 Å².